The summed E-state index contributed by atoms with van der Waals surface area (Å²) in [6, 6.07) is 9.56. The fourth-order valence-electron chi connectivity index (χ4n) is 2.50. The van der Waals surface area contributed by atoms with Crippen LogP contribution >= 0.6 is 0 Å². The molecule has 1 heterocycles. The van der Waals surface area contributed by atoms with Crippen LogP contribution in [-0.2, 0) is 7.05 Å². The molecule has 0 saturated heterocycles. The number of aryl methyl sites for hydroxylation is 3. The molecule has 4 heteroatoms. The van der Waals surface area contributed by atoms with Gasteiger partial charge in [-0.2, -0.15) is 0 Å². The SMILES string of the molecule is Cc1cc(C)cc(C(=O)NCCC(O)c2cccn2C)c1. The molecule has 1 aromatic carbocycles. The molecule has 0 saturated carbocycles. The lowest BCUT2D eigenvalue weighted by molar-refractivity contribution is 0.0941. The number of aliphatic hydroxyl groups excluding tert-OH is 1. The van der Waals surface area contributed by atoms with Crippen molar-refractivity contribution in [2.45, 2.75) is 26.4 Å². The smallest absolute Gasteiger partial charge is 0.251 e. The number of nitrogens with one attached hydrogen (secondary N) is 1. The van der Waals surface area contributed by atoms with Gasteiger partial charge < -0.3 is 15.0 Å². The number of carbonyl (C=O) groups is 1. The summed E-state index contributed by atoms with van der Waals surface area (Å²) in [4.78, 5) is 12.1. The second-order valence-corrected chi connectivity index (χ2v) is 5.48. The Labute approximate surface area is 125 Å². The highest BCUT2D eigenvalue weighted by atomic mass is 16.3. The van der Waals surface area contributed by atoms with Gasteiger partial charge in [-0.05, 0) is 44.5 Å². The maximum atomic E-state index is 12.1. The van der Waals surface area contributed by atoms with Gasteiger partial charge in [0.15, 0.2) is 0 Å². The van der Waals surface area contributed by atoms with E-state index in [1.165, 1.54) is 0 Å². The first-order valence-corrected chi connectivity index (χ1v) is 7.13. The van der Waals surface area contributed by atoms with E-state index in [0.717, 1.165) is 16.8 Å². The number of rotatable bonds is 5. The van der Waals surface area contributed by atoms with Gasteiger partial charge >= 0.3 is 0 Å². The Kier molecular flexibility index (Phi) is 4.81. The van der Waals surface area contributed by atoms with E-state index in [9.17, 15) is 9.90 Å². The summed E-state index contributed by atoms with van der Waals surface area (Å²) in [7, 11) is 1.90. The molecule has 2 rings (SSSR count). The van der Waals surface area contributed by atoms with E-state index < -0.39 is 6.10 Å². The van der Waals surface area contributed by atoms with E-state index in [0.29, 0.717) is 18.5 Å². The second kappa shape index (κ2) is 6.59. The Morgan fingerprint density at radius 2 is 1.95 bits per heavy atom. The molecule has 0 bridgehead atoms. The van der Waals surface area contributed by atoms with E-state index in [4.69, 9.17) is 0 Å². The van der Waals surface area contributed by atoms with Crippen LogP contribution < -0.4 is 5.32 Å². The predicted octanol–water partition coefficient (Wildman–Crippen LogP) is 2.50. The van der Waals surface area contributed by atoms with Crippen LogP contribution in [0.15, 0.2) is 36.5 Å². The lowest BCUT2D eigenvalue weighted by Crippen LogP contribution is -2.26. The Morgan fingerprint density at radius 1 is 1.29 bits per heavy atom. The molecule has 0 spiro atoms. The van der Waals surface area contributed by atoms with Gasteiger partial charge in [0.1, 0.15) is 0 Å². The number of carbonyl (C=O) groups excluding carboxylic acids is 1. The van der Waals surface area contributed by atoms with E-state index in [1.54, 1.807) is 0 Å². The standard InChI is InChI=1S/C17H22N2O2/c1-12-9-13(2)11-14(10-12)17(21)18-7-6-16(20)15-5-4-8-19(15)3/h4-5,8-11,16,20H,6-7H2,1-3H3,(H,18,21). The minimum atomic E-state index is -0.565. The van der Waals surface area contributed by atoms with Crippen molar-refractivity contribution in [3.05, 3.63) is 58.9 Å². The third-order valence-corrected chi connectivity index (χ3v) is 3.51. The van der Waals surface area contributed by atoms with Crippen molar-refractivity contribution in [2.24, 2.45) is 7.05 Å². The molecule has 2 N–H and O–H groups in total. The molecule has 0 aliphatic heterocycles. The van der Waals surface area contributed by atoms with Gasteiger partial charge in [-0.25, -0.2) is 0 Å². The van der Waals surface area contributed by atoms with Gasteiger partial charge in [-0.3, -0.25) is 4.79 Å². The summed E-state index contributed by atoms with van der Waals surface area (Å²) in [5, 5.41) is 12.9. The van der Waals surface area contributed by atoms with Crippen molar-refractivity contribution >= 4 is 5.91 Å². The van der Waals surface area contributed by atoms with Crippen LogP contribution in [0.4, 0.5) is 0 Å². The maximum Gasteiger partial charge on any atom is 0.251 e. The first-order valence-electron chi connectivity index (χ1n) is 7.13. The van der Waals surface area contributed by atoms with Gasteiger partial charge in [0.2, 0.25) is 0 Å². The molecular formula is C17H22N2O2. The summed E-state index contributed by atoms with van der Waals surface area (Å²) in [5.74, 6) is -0.0964. The molecule has 1 atom stereocenters. The van der Waals surface area contributed by atoms with Crippen LogP contribution in [0, 0.1) is 13.8 Å². The zero-order chi connectivity index (χ0) is 15.4. The summed E-state index contributed by atoms with van der Waals surface area (Å²) in [6.07, 6.45) is 1.82. The summed E-state index contributed by atoms with van der Waals surface area (Å²) < 4.78 is 1.89. The van der Waals surface area contributed by atoms with Gasteiger partial charge in [-0.1, -0.05) is 17.2 Å². The van der Waals surface area contributed by atoms with Crippen molar-refractivity contribution in [2.75, 3.05) is 6.54 Å². The van der Waals surface area contributed by atoms with E-state index in [2.05, 4.69) is 5.32 Å². The average Bonchev–Trinajstić information content (AvgIpc) is 2.83. The topological polar surface area (TPSA) is 54.3 Å². The lowest BCUT2D eigenvalue weighted by Gasteiger charge is -2.13. The molecule has 4 nitrogen and oxygen atoms in total. The fourth-order valence-corrected chi connectivity index (χ4v) is 2.50. The number of hydrogen-bond donors (Lipinski definition) is 2. The van der Waals surface area contributed by atoms with Crippen LogP contribution in [0.2, 0.25) is 0 Å². The number of aromatic nitrogens is 1. The molecule has 1 amide bonds. The Bertz CT molecular complexity index is 611. The summed E-state index contributed by atoms with van der Waals surface area (Å²) in [6.45, 7) is 4.39. The van der Waals surface area contributed by atoms with Crippen LogP contribution in [0.5, 0.6) is 0 Å². The first-order chi connectivity index (χ1) is 9.97. The van der Waals surface area contributed by atoms with Gasteiger partial charge in [0, 0.05) is 31.0 Å². The predicted molar refractivity (Wildman–Crippen MR) is 83.2 cm³/mol. The molecule has 1 aromatic heterocycles. The Hall–Kier alpha value is -2.07. The fraction of sp³-hybridized carbons (Fsp3) is 0.353. The highest BCUT2D eigenvalue weighted by molar-refractivity contribution is 5.94. The monoisotopic (exact) mass is 286 g/mol. The average molecular weight is 286 g/mol. The van der Waals surface area contributed by atoms with Crippen LogP contribution in [0.1, 0.15) is 39.7 Å². The molecule has 0 aliphatic rings. The zero-order valence-electron chi connectivity index (χ0n) is 12.8. The summed E-state index contributed by atoms with van der Waals surface area (Å²) in [5.41, 5.74) is 3.67. The van der Waals surface area contributed by atoms with Crippen molar-refractivity contribution in [3.63, 3.8) is 0 Å². The summed E-state index contributed by atoms with van der Waals surface area (Å²) >= 11 is 0. The first kappa shape index (κ1) is 15.3. The highest BCUT2D eigenvalue weighted by Crippen LogP contribution is 2.15. The molecule has 0 aliphatic carbocycles. The number of aliphatic hydroxyl groups is 1. The van der Waals surface area contributed by atoms with Crippen LogP contribution in [-0.4, -0.2) is 22.1 Å². The largest absolute Gasteiger partial charge is 0.387 e. The van der Waals surface area contributed by atoms with Crippen molar-refractivity contribution in [3.8, 4) is 0 Å². The van der Waals surface area contributed by atoms with Crippen molar-refractivity contribution < 1.29 is 9.90 Å². The van der Waals surface area contributed by atoms with Gasteiger partial charge in [0.05, 0.1) is 6.10 Å². The normalized spacial score (nSPS) is 12.2. The van der Waals surface area contributed by atoms with Crippen LogP contribution in [0.3, 0.4) is 0 Å². The molecule has 2 aromatic rings. The van der Waals surface area contributed by atoms with Crippen LogP contribution in [0.25, 0.3) is 0 Å². The third kappa shape index (κ3) is 3.95. The molecular weight excluding hydrogens is 264 g/mol. The molecule has 1 unspecified atom stereocenters. The van der Waals surface area contributed by atoms with Crippen molar-refractivity contribution in [1.29, 1.82) is 0 Å². The van der Waals surface area contributed by atoms with E-state index in [-0.39, 0.29) is 5.91 Å². The second-order valence-electron chi connectivity index (χ2n) is 5.48. The molecule has 0 fully saturated rings. The van der Waals surface area contributed by atoms with E-state index in [1.807, 2.05) is 62.0 Å². The van der Waals surface area contributed by atoms with Gasteiger partial charge in [0.25, 0.3) is 5.91 Å². The Morgan fingerprint density at radius 3 is 2.52 bits per heavy atom. The number of hydrogen-bond acceptors (Lipinski definition) is 2. The zero-order valence-corrected chi connectivity index (χ0v) is 12.8. The minimum Gasteiger partial charge on any atom is -0.387 e. The third-order valence-electron chi connectivity index (χ3n) is 3.51. The lowest BCUT2D eigenvalue weighted by atomic mass is 10.1. The number of amides is 1. The number of benzene rings is 1. The molecule has 21 heavy (non-hydrogen) atoms. The Balaban J connectivity index is 1.88. The van der Waals surface area contributed by atoms with Gasteiger partial charge in [-0.15, -0.1) is 0 Å². The quantitative estimate of drug-likeness (QED) is 0.887. The number of nitrogens with zero attached hydrogens (tertiary/aromatic N) is 1. The molecule has 112 valence electrons. The van der Waals surface area contributed by atoms with Crippen molar-refractivity contribution in [1.82, 2.24) is 9.88 Å². The minimum absolute atomic E-state index is 0.0964. The maximum absolute atomic E-state index is 12.1. The highest BCUT2D eigenvalue weighted by Gasteiger charge is 2.11. The van der Waals surface area contributed by atoms with E-state index >= 15 is 0 Å². The molecule has 0 radical (unpaired) electrons.